The van der Waals surface area contributed by atoms with Gasteiger partial charge in [0.2, 0.25) is 0 Å². The molecule has 0 atom stereocenters. The number of aryl methyl sites for hydroxylation is 1. The number of anilines is 1. The predicted octanol–water partition coefficient (Wildman–Crippen LogP) is 4.66. The molecule has 2 N–H and O–H groups in total. The quantitative estimate of drug-likeness (QED) is 0.736. The molecular formula is C25H28N2O3. The van der Waals surface area contributed by atoms with Crippen LogP contribution in [0.3, 0.4) is 0 Å². The van der Waals surface area contributed by atoms with E-state index in [2.05, 4.69) is 10.6 Å². The Morgan fingerprint density at radius 1 is 0.967 bits per heavy atom. The summed E-state index contributed by atoms with van der Waals surface area (Å²) < 4.78 is 5.97. The molecule has 2 amide bonds. The highest BCUT2D eigenvalue weighted by Crippen LogP contribution is 2.53. The van der Waals surface area contributed by atoms with Crippen LogP contribution in [0, 0.1) is 6.92 Å². The number of ether oxygens (including phenoxy) is 1. The summed E-state index contributed by atoms with van der Waals surface area (Å²) in [5.41, 5.74) is 4.97. The fourth-order valence-electron chi connectivity index (χ4n) is 5.03. The van der Waals surface area contributed by atoms with Crippen LogP contribution in [0.4, 0.5) is 5.69 Å². The predicted molar refractivity (Wildman–Crippen MR) is 116 cm³/mol. The molecule has 2 saturated carbocycles. The molecule has 2 fully saturated rings. The molecule has 0 saturated heterocycles. The molecule has 2 bridgehead atoms. The molecule has 4 aliphatic rings. The van der Waals surface area contributed by atoms with Gasteiger partial charge in [-0.05, 0) is 92.7 Å². The fraction of sp³-hybridized carbons (Fsp3) is 0.440. The minimum absolute atomic E-state index is 0.0369. The first-order valence-corrected chi connectivity index (χ1v) is 11.1. The zero-order valence-corrected chi connectivity index (χ0v) is 17.4. The van der Waals surface area contributed by atoms with E-state index >= 15 is 0 Å². The molecule has 30 heavy (non-hydrogen) atoms. The van der Waals surface area contributed by atoms with Crippen LogP contribution in [-0.2, 0) is 4.79 Å². The van der Waals surface area contributed by atoms with E-state index < -0.39 is 0 Å². The molecule has 0 heterocycles. The molecule has 0 radical (unpaired) electrons. The number of hydrogen-bond acceptors (Lipinski definition) is 3. The first-order chi connectivity index (χ1) is 14.6. The van der Waals surface area contributed by atoms with Crippen LogP contribution in [0.2, 0.25) is 0 Å². The van der Waals surface area contributed by atoms with Crippen molar-refractivity contribution in [2.24, 2.45) is 0 Å². The summed E-state index contributed by atoms with van der Waals surface area (Å²) in [4.78, 5) is 25.3. The van der Waals surface area contributed by atoms with Crippen LogP contribution in [0.1, 0.15) is 77.4 Å². The van der Waals surface area contributed by atoms with Crippen molar-refractivity contribution in [1.29, 1.82) is 0 Å². The van der Waals surface area contributed by atoms with Gasteiger partial charge in [0.25, 0.3) is 11.8 Å². The van der Waals surface area contributed by atoms with Gasteiger partial charge in [-0.1, -0.05) is 12.1 Å². The van der Waals surface area contributed by atoms with E-state index in [0.29, 0.717) is 17.9 Å². The van der Waals surface area contributed by atoms with Crippen LogP contribution in [0.5, 0.6) is 5.75 Å². The smallest absolute Gasteiger partial charge is 0.258 e. The molecule has 0 aliphatic heterocycles. The van der Waals surface area contributed by atoms with Crippen LogP contribution in [-0.4, -0.2) is 24.5 Å². The number of hydrogen-bond donors (Lipinski definition) is 2. The summed E-state index contributed by atoms with van der Waals surface area (Å²) in [6, 6.07) is 12.0. The van der Waals surface area contributed by atoms with Gasteiger partial charge >= 0.3 is 0 Å². The number of nitrogens with one attached hydrogen (secondary N) is 2. The van der Waals surface area contributed by atoms with Crippen LogP contribution >= 0.6 is 0 Å². The molecule has 0 spiro atoms. The van der Waals surface area contributed by atoms with Gasteiger partial charge in [-0.25, -0.2) is 0 Å². The first kappa shape index (κ1) is 19.2. The second kappa shape index (κ2) is 7.78. The Labute approximate surface area is 177 Å². The van der Waals surface area contributed by atoms with Crippen molar-refractivity contribution in [1.82, 2.24) is 5.32 Å². The van der Waals surface area contributed by atoms with Crippen molar-refractivity contribution in [3.05, 3.63) is 58.7 Å². The minimum atomic E-state index is -0.0672. The summed E-state index contributed by atoms with van der Waals surface area (Å²) in [7, 11) is 0. The zero-order chi connectivity index (χ0) is 20.7. The molecule has 0 aromatic heterocycles. The van der Waals surface area contributed by atoms with Crippen molar-refractivity contribution in [2.75, 3.05) is 11.9 Å². The van der Waals surface area contributed by atoms with Crippen molar-refractivity contribution in [3.63, 3.8) is 0 Å². The average molecular weight is 405 g/mol. The van der Waals surface area contributed by atoms with Gasteiger partial charge in [-0.3, -0.25) is 9.59 Å². The Morgan fingerprint density at radius 3 is 2.40 bits per heavy atom. The summed E-state index contributed by atoms with van der Waals surface area (Å²) in [5.74, 6) is 1.46. The van der Waals surface area contributed by atoms with E-state index in [1.807, 2.05) is 43.3 Å². The Bertz CT molecular complexity index is 988. The monoisotopic (exact) mass is 404 g/mol. The maximum Gasteiger partial charge on any atom is 0.258 e. The van der Waals surface area contributed by atoms with Crippen molar-refractivity contribution in [3.8, 4) is 5.75 Å². The summed E-state index contributed by atoms with van der Waals surface area (Å²) in [6.07, 6.45) is 6.63. The van der Waals surface area contributed by atoms with E-state index in [1.54, 1.807) is 0 Å². The molecule has 2 aromatic rings. The molecule has 6 rings (SSSR count). The minimum Gasteiger partial charge on any atom is -0.483 e. The lowest BCUT2D eigenvalue weighted by atomic mass is 9.65. The molecule has 5 heteroatoms. The second-order valence-corrected chi connectivity index (χ2v) is 8.94. The lowest BCUT2D eigenvalue weighted by Crippen LogP contribution is -2.31. The number of amides is 2. The Balaban J connectivity index is 1.42. The van der Waals surface area contributed by atoms with Gasteiger partial charge in [0.15, 0.2) is 6.61 Å². The highest BCUT2D eigenvalue weighted by Gasteiger charge is 2.38. The number of rotatable bonds is 6. The maximum absolute atomic E-state index is 13.2. The van der Waals surface area contributed by atoms with Crippen LogP contribution < -0.4 is 15.4 Å². The van der Waals surface area contributed by atoms with E-state index in [1.165, 1.54) is 0 Å². The van der Waals surface area contributed by atoms with Crippen molar-refractivity contribution >= 4 is 17.5 Å². The number of benzene rings is 2. The molecule has 156 valence electrons. The Kier molecular flexibility index (Phi) is 4.97. The average Bonchev–Trinajstić information content (AvgIpc) is 3.56. The molecule has 0 unspecified atom stereocenters. The maximum atomic E-state index is 13.2. The van der Waals surface area contributed by atoms with Crippen molar-refractivity contribution < 1.29 is 14.3 Å². The topological polar surface area (TPSA) is 67.4 Å². The standard InChI is InChI=1S/C25H28N2O3/c1-15-3-2-4-19(13-15)27-25(29)20-11-12-21(30-14-22(28)26-18-9-10-18)24-17-7-5-16(6-8-17)23(20)24/h2-4,11-13,16-18H,5-10,14H2,1H3,(H,26,28)(H,27,29). The number of fused-ring (bicyclic) bond motifs is 2. The molecular weight excluding hydrogens is 376 g/mol. The van der Waals surface area contributed by atoms with E-state index in [-0.39, 0.29) is 18.4 Å². The highest BCUT2D eigenvalue weighted by atomic mass is 16.5. The number of carbonyl (C=O) groups excluding carboxylic acids is 2. The molecule has 4 aliphatic carbocycles. The fourth-order valence-corrected chi connectivity index (χ4v) is 5.03. The lowest BCUT2D eigenvalue weighted by molar-refractivity contribution is -0.123. The third kappa shape index (κ3) is 3.81. The van der Waals surface area contributed by atoms with E-state index in [9.17, 15) is 9.59 Å². The van der Waals surface area contributed by atoms with Gasteiger partial charge in [0.1, 0.15) is 5.75 Å². The highest BCUT2D eigenvalue weighted by molar-refractivity contribution is 6.06. The largest absolute Gasteiger partial charge is 0.483 e. The molecule has 2 aromatic carbocycles. The van der Waals surface area contributed by atoms with Gasteiger partial charge in [-0.2, -0.15) is 0 Å². The summed E-state index contributed by atoms with van der Waals surface area (Å²) in [6.45, 7) is 2.05. The van der Waals surface area contributed by atoms with Crippen molar-refractivity contribution in [2.45, 2.75) is 63.3 Å². The van der Waals surface area contributed by atoms with Gasteiger partial charge < -0.3 is 15.4 Å². The zero-order valence-electron chi connectivity index (χ0n) is 17.4. The lowest BCUT2D eigenvalue weighted by Gasteiger charge is -2.40. The summed E-state index contributed by atoms with van der Waals surface area (Å²) >= 11 is 0. The van der Waals surface area contributed by atoms with Crippen LogP contribution in [0.25, 0.3) is 0 Å². The first-order valence-electron chi connectivity index (χ1n) is 11.1. The van der Waals surface area contributed by atoms with Gasteiger partial charge in [-0.15, -0.1) is 0 Å². The number of carbonyl (C=O) groups is 2. The third-order valence-corrected chi connectivity index (χ3v) is 6.61. The van der Waals surface area contributed by atoms with E-state index in [0.717, 1.165) is 72.2 Å². The van der Waals surface area contributed by atoms with Gasteiger partial charge in [0.05, 0.1) is 0 Å². The Morgan fingerprint density at radius 2 is 1.70 bits per heavy atom. The third-order valence-electron chi connectivity index (χ3n) is 6.61. The Hall–Kier alpha value is -2.82. The summed E-state index contributed by atoms with van der Waals surface area (Å²) in [5, 5.41) is 6.03. The normalized spacial score (nSPS) is 21.6. The van der Waals surface area contributed by atoms with Gasteiger partial charge in [0, 0.05) is 22.9 Å². The van der Waals surface area contributed by atoms with E-state index in [4.69, 9.17) is 4.74 Å². The van der Waals surface area contributed by atoms with Crippen LogP contribution in [0.15, 0.2) is 36.4 Å². The SMILES string of the molecule is Cc1cccc(NC(=O)c2ccc(OCC(=O)NC3CC3)c3c2C2CCC3CC2)c1. The second-order valence-electron chi connectivity index (χ2n) is 8.94. The molecule has 5 nitrogen and oxygen atoms in total.